The molecule has 9 heteroatoms. The second-order valence-corrected chi connectivity index (χ2v) is 8.11. The molecule has 7 nitrogen and oxygen atoms in total. The third-order valence-corrected chi connectivity index (χ3v) is 6.14. The van der Waals surface area contributed by atoms with Gasteiger partial charge in [0.15, 0.2) is 5.00 Å². The second-order valence-electron chi connectivity index (χ2n) is 5.12. The van der Waals surface area contributed by atoms with Crippen molar-refractivity contribution in [1.82, 2.24) is 4.72 Å². The summed E-state index contributed by atoms with van der Waals surface area (Å²) >= 11 is 0.885. The van der Waals surface area contributed by atoms with Crippen LogP contribution < -0.4 is 10.0 Å². The van der Waals surface area contributed by atoms with Crippen LogP contribution in [-0.4, -0.2) is 25.9 Å². The molecule has 1 atom stereocenters. The maximum atomic E-state index is 12.3. The number of nitrogens with one attached hydrogen (secondary N) is 2. The number of anilines is 1. The molecular formula is C12H21N3O4S2. The van der Waals surface area contributed by atoms with Crippen LogP contribution in [0.3, 0.4) is 0 Å². The van der Waals surface area contributed by atoms with Crippen LogP contribution in [0.2, 0.25) is 0 Å². The fourth-order valence-electron chi connectivity index (χ4n) is 1.43. The first-order chi connectivity index (χ1) is 9.69. The van der Waals surface area contributed by atoms with Crippen LogP contribution in [0.5, 0.6) is 0 Å². The number of hydrogen-bond donors (Lipinski definition) is 2. The Balaban J connectivity index is 3.10. The largest absolute Gasteiger partial charge is 0.371 e. The quantitative estimate of drug-likeness (QED) is 0.562. The molecule has 0 aliphatic carbocycles. The first-order valence-electron chi connectivity index (χ1n) is 6.73. The molecule has 2 N–H and O–H groups in total. The van der Waals surface area contributed by atoms with Crippen LogP contribution in [-0.2, 0) is 10.0 Å². The van der Waals surface area contributed by atoms with E-state index < -0.39 is 14.9 Å². The summed E-state index contributed by atoms with van der Waals surface area (Å²) in [6.07, 6.45) is 0.791. The number of sulfonamides is 1. The lowest BCUT2D eigenvalue weighted by atomic mass is 10.1. The van der Waals surface area contributed by atoms with Crippen molar-refractivity contribution in [3.8, 4) is 0 Å². The number of thiophene rings is 1. The van der Waals surface area contributed by atoms with E-state index in [9.17, 15) is 18.5 Å². The standard InChI is InChI=1S/C12H21N3O4S2/c1-5-6-13-12-10(15(16)17)7-11(20-12)21(18,19)14-9(4)8(2)3/h7-9,13-14H,5-6H2,1-4H3. The molecule has 0 saturated heterocycles. The maximum Gasteiger partial charge on any atom is 0.304 e. The van der Waals surface area contributed by atoms with Crippen LogP contribution in [0.25, 0.3) is 0 Å². The number of rotatable bonds is 8. The Morgan fingerprint density at radius 1 is 1.38 bits per heavy atom. The summed E-state index contributed by atoms with van der Waals surface area (Å²) in [6.45, 7) is 8.05. The number of nitrogens with zero attached hydrogens (tertiary/aromatic N) is 1. The SMILES string of the molecule is CCCNc1sc(S(=O)(=O)NC(C)C(C)C)cc1[N+](=O)[O-]. The Morgan fingerprint density at radius 2 is 2.00 bits per heavy atom. The zero-order valence-electron chi connectivity index (χ0n) is 12.5. The zero-order chi connectivity index (χ0) is 16.2. The topological polar surface area (TPSA) is 101 Å². The van der Waals surface area contributed by atoms with Gasteiger partial charge in [-0.2, -0.15) is 0 Å². The normalized spacial score (nSPS) is 13.4. The minimum atomic E-state index is -3.74. The Morgan fingerprint density at radius 3 is 2.48 bits per heavy atom. The van der Waals surface area contributed by atoms with E-state index in [-0.39, 0.29) is 26.9 Å². The van der Waals surface area contributed by atoms with Crippen molar-refractivity contribution in [1.29, 1.82) is 0 Å². The second kappa shape index (κ2) is 7.19. The van der Waals surface area contributed by atoms with Gasteiger partial charge < -0.3 is 5.32 Å². The molecule has 0 saturated carbocycles. The van der Waals surface area contributed by atoms with E-state index in [2.05, 4.69) is 10.0 Å². The van der Waals surface area contributed by atoms with Gasteiger partial charge in [0, 0.05) is 18.7 Å². The Bertz CT molecular complexity index is 596. The third-order valence-electron chi connectivity index (χ3n) is 3.03. The van der Waals surface area contributed by atoms with Gasteiger partial charge in [-0.15, -0.1) is 0 Å². The first kappa shape index (κ1) is 17.9. The van der Waals surface area contributed by atoms with Gasteiger partial charge in [0.25, 0.3) is 10.0 Å². The summed E-state index contributed by atoms with van der Waals surface area (Å²) in [4.78, 5) is 10.4. The molecule has 21 heavy (non-hydrogen) atoms. The predicted octanol–water partition coefficient (Wildman–Crippen LogP) is 2.80. The van der Waals surface area contributed by atoms with Crippen molar-refractivity contribution in [3.63, 3.8) is 0 Å². The van der Waals surface area contributed by atoms with Gasteiger partial charge in [0.05, 0.1) is 4.92 Å². The lowest BCUT2D eigenvalue weighted by Gasteiger charge is -2.16. The molecule has 0 aliphatic rings. The summed E-state index contributed by atoms with van der Waals surface area (Å²) in [5, 5.41) is 14.2. The molecule has 0 radical (unpaired) electrons. The Hall–Kier alpha value is -1.19. The van der Waals surface area contributed by atoms with Crippen molar-refractivity contribution in [2.75, 3.05) is 11.9 Å². The highest BCUT2D eigenvalue weighted by atomic mass is 32.2. The van der Waals surface area contributed by atoms with Gasteiger partial charge in [0.2, 0.25) is 0 Å². The van der Waals surface area contributed by atoms with Gasteiger partial charge in [-0.25, -0.2) is 13.1 Å². The minimum absolute atomic E-state index is 0.0414. The average molecular weight is 335 g/mol. The number of nitro groups is 1. The summed E-state index contributed by atoms with van der Waals surface area (Å²) in [6, 6.07) is 0.862. The molecule has 1 heterocycles. The molecular weight excluding hydrogens is 314 g/mol. The lowest BCUT2D eigenvalue weighted by Crippen LogP contribution is -2.35. The molecule has 120 valence electrons. The molecule has 0 bridgehead atoms. The smallest absolute Gasteiger partial charge is 0.304 e. The summed E-state index contributed by atoms with van der Waals surface area (Å²) in [5.41, 5.74) is -0.203. The monoisotopic (exact) mass is 335 g/mol. The number of hydrogen-bond acceptors (Lipinski definition) is 6. The van der Waals surface area contributed by atoms with E-state index in [4.69, 9.17) is 0 Å². The highest BCUT2D eigenvalue weighted by Gasteiger charge is 2.27. The van der Waals surface area contributed by atoms with E-state index >= 15 is 0 Å². The van der Waals surface area contributed by atoms with E-state index in [0.717, 1.165) is 23.8 Å². The molecule has 0 fully saturated rings. The molecule has 0 spiro atoms. The molecule has 1 aromatic rings. The predicted molar refractivity (Wildman–Crippen MR) is 84.4 cm³/mol. The lowest BCUT2D eigenvalue weighted by molar-refractivity contribution is -0.383. The van der Waals surface area contributed by atoms with E-state index in [1.807, 2.05) is 20.8 Å². The van der Waals surface area contributed by atoms with Gasteiger partial charge in [-0.3, -0.25) is 10.1 Å². The van der Waals surface area contributed by atoms with Crippen LogP contribution in [0.4, 0.5) is 10.7 Å². The van der Waals surface area contributed by atoms with Gasteiger partial charge in [-0.1, -0.05) is 32.1 Å². The summed E-state index contributed by atoms with van der Waals surface area (Å²) in [7, 11) is -3.74. The van der Waals surface area contributed by atoms with E-state index in [1.54, 1.807) is 6.92 Å². The third kappa shape index (κ3) is 4.65. The molecule has 0 amide bonds. The van der Waals surface area contributed by atoms with Crippen molar-refractivity contribution < 1.29 is 13.3 Å². The van der Waals surface area contributed by atoms with E-state index in [1.165, 1.54) is 0 Å². The molecule has 1 aromatic heterocycles. The van der Waals surface area contributed by atoms with Gasteiger partial charge in [-0.05, 0) is 19.3 Å². The highest BCUT2D eigenvalue weighted by Crippen LogP contribution is 2.37. The van der Waals surface area contributed by atoms with Crippen LogP contribution in [0.15, 0.2) is 10.3 Å². The van der Waals surface area contributed by atoms with Crippen molar-refractivity contribution in [2.24, 2.45) is 5.92 Å². The molecule has 0 aromatic carbocycles. The van der Waals surface area contributed by atoms with Gasteiger partial charge >= 0.3 is 5.69 Å². The van der Waals surface area contributed by atoms with Crippen molar-refractivity contribution in [3.05, 3.63) is 16.2 Å². The van der Waals surface area contributed by atoms with Crippen LogP contribution in [0, 0.1) is 16.0 Å². The van der Waals surface area contributed by atoms with Crippen molar-refractivity contribution in [2.45, 2.75) is 44.4 Å². The highest BCUT2D eigenvalue weighted by molar-refractivity contribution is 7.91. The van der Waals surface area contributed by atoms with Crippen LogP contribution in [0.1, 0.15) is 34.1 Å². The zero-order valence-corrected chi connectivity index (χ0v) is 14.2. The summed E-state index contributed by atoms with van der Waals surface area (Å²) in [5.74, 6) is 0.132. The Labute approximate surface area is 129 Å². The van der Waals surface area contributed by atoms with E-state index in [0.29, 0.717) is 6.54 Å². The molecule has 1 rings (SSSR count). The summed E-state index contributed by atoms with van der Waals surface area (Å²) < 4.78 is 27.0. The average Bonchev–Trinajstić information content (AvgIpc) is 2.80. The first-order valence-corrected chi connectivity index (χ1v) is 9.03. The molecule has 1 unspecified atom stereocenters. The van der Waals surface area contributed by atoms with Crippen molar-refractivity contribution >= 4 is 32.0 Å². The maximum absolute atomic E-state index is 12.3. The van der Waals surface area contributed by atoms with Gasteiger partial charge in [0.1, 0.15) is 4.21 Å². The minimum Gasteiger partial charge on any atom is -0.371 e. The molecule has 0 aliphatic heterocycles. The van der Waals surface area contributed by atoms with Crippen LogP contribution >= 0.6 is 11.3 Å². The fourth-order valence-corrected chi connectivity index (χ4v) is 4.19. The Kier molecular flexibility index (Phi) is 6.11. The fraction of sp³-hybridized carbons (Fsp3) is 0.667.